The van der Waals surface area contributed by atoms with Gasteiger partial charge in [-0.05, 0) is 77.0 Å². The number of amides is 2. The van der Waals surface area contributed by atoms with Crippen molar-refractivity contribution >= 4 is 27.7 Å². The first-order valence-corrected chi connectivity index (χ1v) is 13.3. The van der Waals surface area contributed by atoms with E-state index in [0.29, 0.717) is 48.6 Å². The largest absolute Gasteiger partial charge is 0.336 e. The normalized spacial score (nSPS) is 19.0. The quantitative estimate of drug-likeness (QED) is 0.356. The number of benzene rings is 1. The van der Waals surface area contributed by atoms with E-state index in [0.717, 1.165) is 28.2 Å². The fraction of sp³-hybridized carbons (Fsp3) is 0.357. The molecule has 2 aliphatic heterocycles. The summed E-state index contributed by atoms with van der Waals surface area (Å²) in [4.78, 5) is 34.4. The lowest BCUT2D eigenvalue weighted by atomic mass is 9.94. The van der Waals surface area contributed by atoms with Crippen LogP contribution in [0.15, 0.2) is 53.8 Å². The maximum atomic E-state index is 13.8. The van der Waals surface area contributed by atoms with Crippen LogP contribution in [0.2, 0.25) is 0 Å². The summed E-state index contributed by atoms with van der Waals surface area (Å²) >= 11 is 3.39. The third kappa shape index (κ3) is 3.97. The summed E-state index contributed by atoms with van der Waals surface area (Å²) in [6.07, 6.45) is 6.88. The monoisotopic (exact) mass is 545 g/mol. The van der Waals surface area contributed by atoms with Crippen LogP contribution in [-0.2, 0) is 17.6 Å². The van der Waals surface area contributed by atoms with Gasteiger partial charge in [0.1, 0.15) is 4.60 Å². The number of aryl methyl sites for hydroxylation is 1. The zero-order valence-corrected chi connectivity index (χ0v) is 21.9. The van der Waals surface area contributed by atoms with Crippen LogP contribution >= 0.6 is 15.9 Å². The van der Waals surface area contributed by atoms with Crippen molar-refractivity contribution in [1.82, 2.24) is 24.6 Å². The highest BCUT2D eigenvalue weighted by Gasteiger charge is 2.40. The van der Waals surface area contributed by atoms with Crippen molar-refractivity contribution in [2.45, 2.75) is 44.6 Å². The SMILES string of the molecule is C=CC(=O)N1CCc2nn(-c3ccc(C4CC4)cc3)c3c2[C@H](C1)N(C(=O)c1cnc(Br)cc1C)CC3. The third-order valence-electron chi connectivity index (χ3n) is 7.65. The molecule has 2 amide bonds. The summed E-state index contributed by atoms with van der Waals surface area (Å²) in [7, 11) is 0. The number of halogens is 1. The molecule has 1 saturated carbocycles. The van der Waals surface area contributed by atoms with Gasteiger partial charge in [0.25, 0.3) is 5.91 Å². The number of aromatic nitrogens is 3. The summed E-state index contributed by atoms with van der Waals surface area (Å²) in [5.74, 6) is 0.522. The molecule has 1 atom stereocenters. The zero-order chi connectivity index (χ0) is 25.0. The van der Waals surface area contributed by atoms with Gasteiger partial charge in [-0.25, -0.2) is 9.67 Å². The molecule has 0 saturated heterocycles. The van der Waals surface area contributed by atoms with E-state index in [1.54, 1.807) is 11.1 Å². The van der Waals surface area contributed by atoms with Gasteiger partial charge in [0, 0.05) is 44.2 Å². The number of hydrogen-bond acceptors (Lipinski definition) is 4. The molecule has 0 unspecified atom stereocenters. The number of rotatable bonds is 4. The van der Waals surface area contributed by atoms with Gasteiger partial charge in [-0.1, -0.05) is 18.7 Å². The van der Waals surface area contributed by atoms with Crippen molar-refractivity contribution in [2.75, 3.05) is 19.6 Å². The van der Waals surface area contributed by atoms with E-state index in [1.165, 1.54) is 24.5 Å². The standard InChI is InChI=1S/C28H28BrN5O2/c1-3-26(35)32-12-10-22-27-23(34(31-22)20-8-6-19(7-9-20)18-4-5-18)11-13-33(24(27)16-32)28(36)21-15-30-25(29)14-17(21)2/h3,6-9,14-15,18,24H,1,4-5,10-13,16H2,2H3/t24-/m0/s1. The summed E-state index contributed by atoms with van der Waals surface area (Å²) in [6.45, 7) is 7.12. The predicted molar refractivity (Wildman–Crippen MR) is 140 cm³/mol. The first-order chi connectivity index (χ1) is 17.4. The lowest BCUT2D eigenvalue weighted by Crippen LogP contribution is -2.46. The smallest absolute Gasteiger partial charge is 0.256 e. The van der Waals surface area contributed by atoms with Gasteiger partial charge in [-0.2, -0.15) is 5.10 Å². The van der Waals surface area contributed by atoms with Crippen LogP contribution in [0.4, 0.5) is 0 Å². The molecule has 1 aromatic carbocycles. The molecule has 4 heterocycles. The number of nitrogens with zero attached hydrogens (tertiary/aromatic N) is 5. The second-order valence-electron chi connectivity index (χ2n) is 9.91. The van der Waals surface area contributed by atoms with Crippen molar-refractivity contribution in [3.8, 4) is 5.69 Å². The van der Waals surface area contributed by atoms with Gasteiger partial charge in [0.05, 0.1) is 28.7 Å². The van der Waals surface area contributed by atoms with E-state index in [4.69, 9.17) is 5.10 Å². The molecule has 1 fully saturated rings. The van der Waals surface area contributed by atoms with Crippen LogP contribution in [0, 0.1) is 6.92 Å². The van der Waals surface area contributed by atoms with Crippen LogP contribution in [0.3, 0.4) is 0 Å². The van der Waals surface area contributed by atoms with Gasteiger partial charge in [0.2, 0.25) is 5.91 Å². The molecule has 3 aliphatic rings. The Balaban J connectivity index is 1.41. The fourth-order valence-corrected chi connectivity index (χ4v) is 6.03. The van der Waals surface area contributed by atoms with Crippen LogP contribution < -0.4 is 0 Å². The van der Waals surface area contributed by atoms with Gasteiger partial charge < -0.3 is 9.80 Å². The van der Waals surface area contributed by atoms with Crippen LogP contribution in [0.1, 0.15) is 63.2 Å². The maximum Gasteiger partial charge on any atom is 0.256 e. The molecule has 0 bridgehead atoms. The van der Waals surface area contributed by atoms with Gasteiger partial charge in [-0.15, -0.1) is 0 Å². The predicted octanol–water partition coefficient (Wildman–Crippen LogP) is 4.53. The van der Waals surface area contributed by atoms with E-state index in [2.05, 4.69) is 56.4 Å². The van der Waals surface area contributed by atoms with Crippen molar-refractivity contribution in [3.05, 3.63) is 87.4 Å². The zero-order valence-electron chi connectivity index (χ0n) is 20.3. The molecular weight excluding hydrogens is 518 g/mol. The molecule has 36 heavy (non-hydrogen) atoms. The fourth-order valence-electron chi connectivity index (χ4n) is 5.58. The maximum absolute atomic E-state index is 13.8. The van der Waals surface area contributed by atoms with E-state index >= 15 is 0 Å². The molecule has 7 nitrogen and oxygen atoms in total. The molecule has 3 aromatic rings. The van der Waals surface area contributed by atoms with Crippen molar-refractivity contribution < 1.29 is 9.59 Å². The minimum Gasteiger partial charge on any atom is -0.336 e. The second kappa shape index (κ2) is 9.00. The molecule has 184 valence electrons. The van der Waals surface area contributed by atoms with Gasteiger partial charge in [-0.3, -0.25) is 9.59 Å². The lowest BCUT2D eigenvalue weighted by Gasteiger charge is -2.38. The van der Waals surface area contributed by atoms with Gasteiger partial charge >= 0.3 is 0 Å². The van der Waals surface area contributed by atoms with E-state index in [-0.39, 0.29) is 17.9 Å². The number of carbonyl (C=O) groups excluding carboxylic acids is 2. The highest BCUT2D eigenvalue weighted by Crippen LogP contribution is 2.41. The lowest BCUT2D eigenvalue weighted by molar-refractivity contribution is -0.126. The summed E-state index contributed by atoms with van der Waals surface area (Å²) in [5.41, 5.74) is 7.08. The molecule has 0 N–H and O–H groups in total. The Hall–Kier alpha value is -3.26. The third-order valence-corrected chi connectivity index (χ3v) is 8.08. The number of pyridine rings is 1. The van der Waals surface area contributed by atoms with E-state index in [1.807, 2.05) is 17.9 Å². The Kier molecular flexibility index (Phi) is 5.79. The minimum atomic E-state index is -0.273. The van der Waals surface area contributed by atoms with Crippen molar-refractivity contribution in [3.63, 3.8) is 0 Å². The highest BCUT2D eigenvalue weighted by atomic mass is 79.9. The summed E-state index contributed by atoms with van der Waals surface area (Å²) in [6, 6.07) is 10.3. The summed E-state index contributed by atoms with van der Waals surface area (Å²) < 4.78 is 2.76. The van der Waals surface area contributed by atoms with Crippen molar-refractivity contribution in [2.24, 2.45) is 0 Å². The van der Waals surface area contributed by atoms with E-state index in [9.17, 15) is 9.59 Å². The van der Waals surface area contributed by atoms with Gasteiger partial charge in [0.15, 0.2) is 0 Å². The van der Waals surface area contributed by atoms with Crippen LogP contribution in [0.5, 0.6) is 0 Å². The summed E-state index contributed by atoms with van der Waals surface area (Å²) in [5, 5.41) is 5.04. The topological polar surface area (TPSA) is 71.3 Å². The molecular formula is C28H28BrN5O2. The number of hydrogen-bond donors (Lipinski definition) is 0. The second-order valence-corrected chi connectivity index (χ2v) is 10.7. The van der Waals surface area contributed by atoms with E-state index < -0.39 is 0 Å². The first-order valence-electron chi connectivity index (χ1n) is 12.5. The Morgan fingerprint density at radius 2 is 1.92 bits per heavy atom. The number of carbonyl (C=O) groups is 2. The molecule has 8 heteroatoms. The Morgan fingerprint density at radius 1 is 1.14 bits per heavy atom. The molecule has 2 aromatic heterocycles. The van der Waals surface area contributed by atoms with Crippen LogP contribution in [0.25, 0.3) is 5.69 Å². The Labute approximate surface area is 218 Å². The Bertz CT molecular complexity index is 1380. The van der Waals surface area contributed by atoms with Crippen LogP contribution in [-0.4, -0.2) is 56.0 Å². The first kappa shape index (κ1) is 23.2. The Morgan fingerprint density at radius 3 is 2.61 bits per heavy atom. The molecule has 1 aliphatic carbocycles. The minimum absolute atomic E-state index is 0.0662. The highest BCUT2D eigenvalue weighted by molar-refractivity contribution is 9.10. The molecule has 6 rings (SSSR count). The van der Waals surface area contributed by atoms with Crippen molar-refractivity contribution in [1.29, 1.82) is 0 Å². The molecule has 0 radical (unpaired) electrons. The molecule has 0 spiro atoms. The average Bonchev–Trinajstić information content (AvgIpc) is 3.69. The average molecular weight is 546 g/mol.